The fourth-order valence-corrected chi connectivity index (χ4v) is 3.04. The van der Waals surface area contributed by atoms with Gasteiger partial charge in [-0.3, -0.25) is 9.59 Å². The molecular weight excluding hydrogens is 373 g/mol. The van der Waals surface area contributed by atoms with E-state index in [0.717, 1.165) is 6.08 Å². The van der Waals surface area contributed by atoms with Crippen LogP contribution >= 0.6 is 11.6 Å². The van der Waals surface area contributed by atoms with Crippen LogP contribution in [0.3, 0.4) is 0 Å². The third-order valence-electron chi connectivity index (χ3n) is 4.08. The second-order valence-corrected chi connectivity index (χ2v) is 6.50. The van der Waals surface area contributed by atoms with Crippen LogP contribution in [0, 0.1) is 19.7 Å². The van der Waals surface area contributed by atoms with Gasteiger partial charge in [-0.25, -0.2) is 9.18 Å². The molecule has 5 nitrogen and oxygen atoms in total. The number of H-pyrrole nitrogens is 1. The minimum Gasteiger partial charge on any atom is -0.451 e. The molecule has 1 aromatic carbocycles. The molecule has 1 N–H and O–H groups in total. The van der Waals surface area contributed by atoms with E-state index in [4.69, 9.17) is 16.3 Å². The van der Waals surface area contributed by atoms with Crippen molar-refractivity contribution >= 4 is 35.2 Å². The first kappa shape index (κ1) is 20.6. The van der Waals surface area contributed by atoms with Gasteiger partial charge >= 0.3 is 5.97 Å². The number of esters is 1. The molecule has 2 aromatic rings. The minimum absolute atomic E-state index is 0.0528. The molecule has 0 fully saturated rings. The van der Waals surface area contributed by atoms with Crippen molar-refractivity contribution in [1.82, 2.24) is 4.98 Å². The monoisotopic (exact) mass is 391 g/mol. The Hall–Kier alpha value is -2.73. The Balaban J connectivity index is 2.13. The first-order valence-corrected chi connectivity index (χ1v) is 8.58. The SMILES string of the molecule is CC(=O)c1c(C)[nH]c(C(=O)C(C)OC(=O)/C=C/c2c(F)cccc2Cl)c1C. The molecule has 0 saturated heterocycles. The largest absolute Gasteiger partial charge is 0.451 e. The standard InChI is InChI=1S/C20H19ClFNO4/c1-10-18(12(3)24)11(2)23-19(10)20(26)13(4)27-17(25)9-8-14-15(21)6-5-7-16(14)22/h5-9,13,23H,1-4H3/b9-8+. The predicted octanol–water partition coefficient (Wildman–Crippen LogP) is 4.45. The molecule has 27 heavy (non-hydrogen) atoms. The summed E-state index contributed by atoms with van der Waals surface area (Å²) in [7, 11) is 0. The van der Waals surface area contributed by atoms with Crippen LogP contribution in [0.4, 0.5) is 4.39 Å². The normalized spacial score (nSPS) is 12.2. The maximum atomic E-state index is 13.7. The molecule has 1 heterocycles. The molecule has 0 bridgehead atoms. The van der Waals surface area contributed by atoms with Gasteiger partial charge in [-0.05, 0) is 51.5 Å². The maximum absolute atomic E-state index is 13.7. The van der Waals surface area contributed by atoms with Crippen LogP contribution in [-0.4, -0.2) is 28.6 Å². The van der Waals surface area contributed by atoms with Crippen LogP contribution in [0.1, 0.15) is 51.5 Å². The number of hydrogen-bond donors (Lipinski definition) is 1. The topological polar surface area (TPSA) is 76.2 Å². The molecule has 0 amide bonds. The van der Waals surface area contributed by atoms with Crippen molar-refractivity contribution in [3.63, 3.8) is 0 Å². The number of carbonyl (C=O) groups is 3. The Labute approximate surface area is 161 Å². The lowest BCUT2D eigenvalue weighted by Crippen LogP contribution is -2.24. The number of halogens is 2. The summed E-state index contributed by atoms with van der Waals surface area (Å²) in [4.78, 5) is 39.1. The highest BCUT2D eigenvalue weighted by atomic mass is 35.5. The summed E-state index contributed by atoms with van der Waals surface area (Å²) in [5.74, 6) is -2.02. The summed E-state index contributed by atoms with van der Waals surface area (Å²) in [5, 5.41) is 0.150. The van der Waals surface area contributed by atoms with E-state index in [0.29, 0.717) is 16.8 Å². The average Bonchev–Trinajstić information content (AvgIpc) is 2.88. The quantitative estimate of drug-likeness (QED) is 0.448. The second kappa shape index (κ2) is 8.31. The van der Waals surface area contributed by atoms with Crippen molar-refractivity contribution < 1.29 is 23.5 Å². The Morgan fingerprint density at radius 2 is 1.93 bits per heavy atom. The van der Waals surface area contributed by atoms with E-state index in [9.17, 15) is 18.8 Å². The van der Waals surface area contributed by atoms with Gasteiger partial charge in [0, 0.05) is 22.9 Å². The number of aromatic amines is 1. The Bertz CT molecular complexity index is 925. The zero-order valence-electron chi connectivity index (χ0n) is 15.4. The highest BCUT2D eigenvalue weighted by Crippen LogP contribution is 2.22. The number of ketones is 2. The van der Waals surface area contributed by atoms with Gasteiger partial charge in [-0.2, -0.15) is 0 Å². The molecule has 0 aliphatic carbocycles. The molecule has 0 aliphatic heterocycles. The fraction of sp³-hybridized carbons (Fsp3) is 0.250. The van der Waals surface area contributed by atoms with Crippen LogP contribution in [-0.2, 0) is 9.53 Å². The van der Waals surface area contributed by atoms with E-state index >= 15 is 0 Å². The van der Waals surface area contributed by atoms with E-state index in [1.165, 1.54) is 38.1 Å². The van der Waals surface area contributed by atoms with Gasteiger partial charge in [-0.1, -0.05) is 17.7 Å². The molecule has 7 heteroatoms. The Morgan fingerprint density at radius 1 is 1.26 bits per heavy atom. The van der Waals surface area contributed by atoms with Gasteiger partial charge in [0.15, 0.2) is 11.9 Å². The van der Waals surface area contributed by atoms with Crippen molar-refractivity contribution in [2.75, 3.05) is 0 Å². The first-order chi connectivity index (χ1) is 12.6. The average molecular weight is 392 g/mol. The lowest BCUT2D eigenvalue weighted by molar-refractivity contribution is -0.140. The van der Waals surface area contributed by atoms with Crippen molar-refractivity contribution in [3.8, 4) is 0 Å². The third kappa shape index (κ3) is 4.52. The first-order valence-electron chi connectivity index (χ1n) is 8.20. The lowest BCUT2D eigenvalue weighted by Gasteiger charge is -2.10. The number of nitrogens with one attached hydrogen (secondary N) is 1. The van der Waals surface area contributed by atoms with Crippen LogP contribution in [0.5, 0.6) is 0 Å². The highest BCUT2D eigenvalue weighted by molar-refractivity contribution is 6.32. The summed E-state index contributed by atoms with van der Waals surface area (Å²) in [5.41, 5.74) is 1.82. The number of carbonyl (C=O) groups excluding carboxylic acids is 3. The summed E-state index contributed by atoms with van der Waals surface area (Å²) in [6.07, 6.45) is 1.10. The molecule has 142 valence electrons. The van der Waals surface area contributed by atoms with Gasteiger partial charge < -0.3 is 9.72 Å². The Kier molecular flexibility index (Phi) is 6.33. The molecule has 1 unspecified atom stereocenters. The van der Waals surface area contributed by atoms with Gasteiger partial charge in [0.05, 0.1) is 10.7 Å². The van der Waals surface area contributed by atoms with Gasteiger partial charge in [0.2, 0.25) is 5.78 Å². The van der Waals surface area contributed by atoms with E-state index in [-0.39, 0.29) is 22.1 Å². The van der Waals surface area contributed by atoms with Crippen LogP contribution in [0.2, 0.25) is 5.02 Å². The molecule has 2 rings (SSSR count). The fourth-order valence-electron chi connectivity index (χ4n) is 2.82. The van der Waals surface area contributed by atoms with E-state index in [1.54, 1.807) is 13.8 Å². The van der Waals surface area contributed by atoms with Crippen molar-refractivity contribution in [3.05, 3.63) is 63.2 Å². The summed E-state index contributed by atoms with van der Waals surface area (Å²) in [6.45, 7) is 6.19. The third-order valence-corrected chi connectivity index (χ3v) is 4.41. The smallest absolute Gasteiger partial charge is 0.331 e. The van der Waals surface area contributed by atoms with Crippen molar-refractivity contribution in [2.24, 2.45) is 0 Å². The van der Waals surface area contributed by atoms with Gasteiger partial charge in [-0.15, -0.1) is 0 Å². The maximum Gasteiger partial charge on any atom is 0.331 e. The summed E-state index contributed by atoms with van der Waals surface area (Å²) < 4.78 is 18.8. The molecule has 0 spiro atoms. The highest BCUT2D eigenvalue weighted by Gasteiger charge is 2.25. The van der Waals surface area contributed by atoms with Crippen molar-refractivity contribution in [2.45, 2.75) is 33.8 Å². The van der Waals surface area contributed by atoms with E-state index in [2.05, 4.69) is 4.98 Å². The summed E-state index contributed by atoms with van der Waals surface area (Å²) in [6, 6.07) is 4.15. The zero-order valence-corrected chi connectivity index (χ0v) is 16.1. The second-order valence-electron chi connectivity index (χ2n) is 6.09. The Morgan fingerprint density at radius 3 is 2.48 bits per heavy atom. The van der Waals surface area contributed by atoms with E-state index < -0.39 is 23.7 Å². The number of aromatic nitrogens is 1. The number of rotatable bonds is 6. The number of benzene rings is 1. The molecule has 0 saturated carbocycles. The molecule has 1 atom stereocenters. The predicted molar refractivity (Wildman–Crippen MR) is 101 cm³/mol. The zero-order chi connectivity index (χ0) is 20.3. The number of hydrogen-bond acceptors (Lipinski definition) is 4. The number of ether oxygens (including phenoxy) is 1. The van der Waals surface area contributed by atoms with Gasteiger partial charge in [0.1, 0.15) is 5.82 Å². The molecule has 1 aromatic heterocycles. The van der Waals surface area contributed by atoms with Crippen LogP contribution < -0.4 is 0 Å². The van der Waals surface area contributed by atoms with Crippen molar-refractivity contribution in [1.29, 1.82) is 0 Å². The number of Topliss-reactive ketones (excluding diaryl/α,β-unsaturated/α-hetero) is 2. The van der Waals surface area contributed by atoms with Crippen LogP contribution in [0.15, 0.2) is 24.3 Å². The molecular formula is C20H19ClFNO4. The van der Waals surface area contributed by atoms with Crippen LogP contribution in [0.25, 0.3) is 6.08 Å². The van der Waals surface area contributed by atoms with Gasteiger partial charge in [0.25, 0.3) is 0 Å². The molecule has 0 aliphatic rings. The van der Waals surface area contributed by atoms with E-state index in [1.807, 2.05) is 0 Å². The lowest BCUT2D eigenvalue weighted by atomic mass is 10.0. The number of aryl methyl sites for hydroxylation is 1. The molecule has 0 radical (unpaired) electrons. The minimum atomic E-state index is -1.09. The summed E-state index contributed by atoms with van der Waals surface area (Å²) >= 11 is 5.88.